The number of benzene rings is 1. The van der Waals surface area contributed by atoms with Crippen LogP contribution in [0.5, 0.6) is 5.88 Å². The summed E-state index contributed by atoms with van der Waals surface area (Å²) in [7, 11) is 1.43. The lowest BCUT2D eigenvalue weighted by Gasteiger charge is -2.21. The minimum absolute atomic E-state index is 0.0175. The van der Waals surface area contributed by atoms with E-state index >= 15 is 0 Å². The first-order valence-electron chi connectivity index (χ1n) is 11.2. The lowest BCUT2D eigenvalue weighted by Crippen LogP contribution is -2.26. The Morgan fingerprint density at radius 3 is 2.41 bits per heavy atom. The van der Waals surface area contributed by atoms with Crippen molar-refractivity contribution in [3.63, 3.8) is 0 Å². The lowest BCUT2D eigenvalue weighted by molar-refractivity contribution is -0.141. The SMILES string of the molecule is CCOC(=O)c1c(-c2ccc(Cl)c(Cl)c2)n(CC)c(Cn2nc(C(F)(F)F)cc2OCCOC)cc1=O. The summed E-state index contributed by atoms with van der Waals surface area (Å²) in [4.78, 5) is 26.0. The molecule has 37 heavy (non-hydrogen) atoms. The van der Waals surface area contributed by atoms with Gasteiger partial charge in [0, 0.05) is 37.0 Å². The Hall–Kier alpha value is -3.02. The van der Waals surface area contributed by atoms with Crippen molar-refractivity contribution in [2.24, 2.45) is 0 Å². The number of esters is 1. The second-order valence-corrected chi connectivity index (χ2v) is 8.50. The van der Waals surface area contributed by atoms with E-state index in [0.29, 0.717) is 5.56 Å². The molecule has 0 fully saturated rings. The highest BCUT2D eigenvalue weighted by Crippen LogP contribution is 2.33. The monoisotopic (exact) mass is 561 g/mol. The molecule has 1 aromatic carbocycles. The van der Waals surface area contributed by atoms with Crippen LogP contribution in [0.2, 0.25) is 10.0 Å². The summed E-state index contributed by atoms with van der Waals surface area (Å²) in [6.07, 6.45) is -4.71. The van der Waals surface area contributed by atoms with Gasteiger partial charge in [0.2, 0.25) is 5.88 Å². The van der Waals surface area contributed by atoms with Crippen LogP contribution in [0.15, 0.2) is 35.1 Å². The highest BCUT2D eigenvalue weighted by Gasteiger charge is 2.35. The van der Waals surface area contributed by atoms with Crippen molar-refractivity contribution in [2.75, 3.05) is 26.9 Å². The van der Waals surface area contributed by atoms with Crippen molar-refractivity contribution < 1.29 is 32.2 Å². The fourth-order valence-corrected chi connectivity index (χ4v) is 3.98. The molecule has 0 N–H and O–H groups in total. The number of carbonyl (C=O) groups is 1. The first-order chi connectivity index (χ1) is 17.5. The first kappa shape index (κ1) is 28.5. The van der Waals surface area contributed by atoms with Gasteiger partial charge in [-0.15, -0.1) is 0 Å². The van der Waals surface area contributed by atoms with E-state index < -0.39 is 23.3 Å². The van der Waals surface area contributed by atoms with Crippen molar-refractivity contribution in [1.29, 1.82) is 0 Å². The van der Waals surface area contributed by atoms with Crippen LogP contribution in [0.4, 0.5) is 13.2 Å². The maximum Gasteiger partial charge on any atom is 0.435 e. The third kappa shape index (κ3) is 6.46. The molecule has 0 aliphatic heterocycles. The smallest absolute Gasteiger partial charge is 0.435 e. The van der Waals surface area contributed by atoms with Gasteiger partial charge in [0.1, 0.15) is 12.2 Å². The standard InChI is InChI=1S/C24H24Cl2F3N3O5/c1-4-31-15(13-32-20(37-9-8-35-3)12-19(30-32)24(27,28)29)11-18(33)21(23(34)36-5-2)22(31)14-6-7-16(25)17(26)10-14/h6-7,10-12H,4-5,8-9,13H2,1-3H3. The van der Waals surface area contributed by atoms with Crippen LogP contribution in [0.1, 0.15) is 35.6 Å². The molecule has 0 saturated carbocycles. The van der Waals surface area contributed by atoms with Crippen molar-refractivity contribution in [1.82, 2.24) is 14.3 Å². The second-order valence-electron chi connectivity index (χ2n) is 7.68. The Morgan fingerprint density at radius 1 is 1.08 bits per heavy atom. The van der Waals surface area contributed by atoms with Crippen LogP contribution in [0.25, 0.3) is 11.3 Å². The Balaban J connectivity index is 2.23. The third-order valence-corrected chi connectivity index (χ3v) is 6.01. The molecule has 13 heteroatoms. The molecule has 0 aliphatic carbocycles. The zero-order valence-corrected chi connectivity index (χ0v) is 21.7. The molecule has 3 aromatic rings. The molecular formula is C24H24Cl2F3N3O5. The number of hydrogen-bond acceptors (Lipinski definition) is 6. The number of carbonyl (C=O) groups excluding carboxylic acids is 1. The first-order valence-corrected chi connectivity index (χ1v) is 11.9. The van der Waals surface area contributed by atoms with Crippen molar-refractivity contribution in [3.8, 4) is 17.1 Å². The molecule has 0 spiro atoms. The lowest BCUT2D eigenvalue weighted by atomic mass is 10.0. The number of hydrogen-bond donors (Lipinski definition) is 0. The molecule has 0 saturated heterocycles. The fraction of sp³-hybridized carbons (Fsp3) is 0.375. The number of pyridine rings is 1. The minimum atomic E-state index is -4.71. The molecule has 3 rings (SSSR count). The number of methoxy groups -OCH3 is 1. The Labute approximate surface area is 220 Å². The van der Waals surface area contributed by atoms with Crippen LogP contribution < -0.4 is 10.2 Å². The molecule has 0 unspecified atom stereocenters. The number of alkyl halides is 3. The molecule has 0 aliphatic rings. The van der Waals surface area contributed by atoms with Gasteiger partial charge in [-0.3, -0.25) is 4.79 Å². The second kappa shape index (κ2) is 12.0. The molecule has 2 aromatic heterocycles. The van der Waals surface area contributed by atoms with Crippen molar-refractivity contribution in [3.05, 3.63) is 67.6 Å². The van der Waals surface area contributed by atoms with Gasteiger partial charge in [-0.05, 0) is 26.0 Å². The molecular weight excluding hydrogens is 538 g/mol. The summed E-state index contributed by atoms with van der Waals surface area (Å²) in [5, 5.41) is 4.10. The Kier molecular flexibility index (Phi) is 9.27. The molecule has 0 radical (unpaired) electrons. The van der Waals surface area contributed by atoms with Gasteiger partial charge >= 0.3 is 12.1 Å². The molecule has 0 bridgehead atoms. The van der Waals surface area contributed by atoms with Crippen LogP contribution in [0.3, 0.4) is 0 Å². The predicted octanol–water partition coefficient (Wildman–Crippen LogP) is 5.31. The van der Waals surface area contributed by atoms with E-state index in [2.05, 4.69) is 5.10 Å². The zero-order chi connectivity index (χ0) is 27.3. The van der Waals surface area contributed by atoms with E-state index in [4.69, 9.17) is 37.4 Å². The number of nitrogens with zero attached hydrogens (tertiary/aromatic N) is 3. The van der Waals surface area contributed by atoms with Crippen LogP contribution >= 0.6 is 23.2 Å². The number of aromatic nitrogens is 3. The van der Waals surface area contributed by atoms with E-state index in [1.807, 2.05) is 0 Å². The van der Waals surface area contributed by atoms with Gasteiger partial charge in [0.15, 0.2) is 11.1 Å². The normalized spacial score (nSPS) is 11.6. The minimum Gasteiger partial charge on any atom is -0.475 e. The quantitative estimate of drug-likeness (QED) is 0.246. The number of ether oxygens (including phenoxy) is 3. The van der Waals surface area contributed by atoms with Gasteiger partial charge < -0.3 is 18.8 Å². The van der Waals surface area contributed by atoms with Crippen molar-refractivity contribution >= 4 is 29.2 Å². The maximum atomic E-state index is 13.4. The van der Waals surface area contributed by atoms with Crippen LogP contribution in [-0.2, 0) is 28.7 Å². The van der Waals surface area contributed by atoms with Crippen LogP contribution in [-0.4, -0.2) is 47.2 Å². The Morgan fingerprint density at radius 2 is 1.81 bits per heavy atom. The summed E-state index contributed by atoms with van der Waals surface area (Å²) in [5.41, 5.74) is -1.21. The topological polar surface area (TPSA) is 84.6 Å². The fourth-order valence-electron chi connectivity index (χ4n) is 3.68. The van der Waals surface area contributed by atoms with E-state index in [0.717, 1.165) is 10.7 Å². The summed E-state index contributed by atoms with van der Waals surface area (Å²) >= 11 is 12.3. The van der Waals surface area contributed by atoms with E-state index in [1.54, 1.807) is 24.5 Å². The van der Waals surface area contributed by atoms with Gasteiger partial charge in [0.05, 0.1) is 35.5 Å². The number of halogens is 5. The van der Waals surface area contributed by atoms with E-state index in [-0.39, 0.29) is 65.8 Å². The summed E-state index contributed by atoms with van der Waals surface area (Å²) in [6, 6.07) is 6.53. The summed E-state index contributed by atoms with van der Waals surface area (Å²) in [6.45, 7) is 3.49. The highest BCUT2D eigenvalue weighted by atomic mass is 35.5. The zero-order valence-electron chi connectivity index (χ0n) is 20.2. The maximum absolute atomic E-state index is 13.4. The molecule has 8 nitrogen and oxygen atoms in total. The largest absolute Gasteiger partial charge is 0.475 e. The van der Waals surface area contributed by atoms with E-state index in [1.165, 1.54) is 25.3 Å². The van der Waals surface area contributed by atoms with E-state index in [9.17, 15) is 22.8 Å². The van der Waals surface area contributed by atoms with Crippen molar-refractivity contribution in [2.45, 2.75) is 33.1 Å². The summed E-state index contributed by atoms with van der Waals surface area (Å²) < 4.78 is 58.3. The predicted molar refractivity (Wildman–Crippen MR) is 131 cm³/mol. The molecule has 0 amide bonds. The van der Waals surface area contributed by atoms with Gasteiger partial charge in [-0.2, -0.15) is 18.3 Å². The average molecular weight is 562 g/mol. The molecule has 200 valence electrons. The van der Waals surface area contributed by atoms with Gasteiger partial charge in [0.25, 0.3) is 0 Å². The van der Waals surface area contributed by atoms with Crippen LogP contribution in [0, 0.1) is 0 Å². The molecule has 2 heterocycles. The summed E-state index contributed by atoms with van der Waals surface area (Å²) in [5.74, 6) is -1.01. The molecule has 0 atom stereocenters. The average Bonchev–Trinajstić information content (AvgIpc) is 3.24. The Bertz CT molecular complexity index is 1340. The number of rotatable bonds is 10. The third-order valence-electron chi connectivity index (χ3n) is 5.27. The van der Waals surface area contributed by atoms with Gasteiger partial charge in [-0.1, -0.05) is 29.3 Å². The highest BCUT2D eigenvalue weighted by molar-refractivity contribution is 6.42. The van der Waals surface area contributed by atoms with Gasteiger partial charge in [-0.25, -0.2) is 9.48 Å².